The second kappa shape index (κ2) is 8.17. The first-order chi connectivity index (χ1) is 8.53. The van der Waals surface area contributed by atoms with Crippen molar-refractivity contribution in [3.05, 3.63) is 36.2 Å². The molecule has 1 aromatic carbocycles. The number of benzene rings is 1. The summed E-state index contributed by atoms with van der Waals surface area (Å²) in [4.78, 5) is 0.272. The van der Waals surface area contributed by atoms with Crippen LogP contribution in [-0.4, -0.2) is 20.8 Å². The summed E-state index contributed by atoms with van der Waals surface area (Å²) in [5, 5.41) is 0. The van der Waals surface area contributed by atoms with E-state index in [1.165, 1.54) is 12.1 Å². The highest BCUT2D eigenvalue weighted by Crippen LogP contribution is 2.17. The molecule has 1 rings (SSSR count). The summed E-state index contributed by atoms with van der Waals surface area (Å²) in [6.45, 7) is 3.61. The molecule has 0 N–H and O–H groups in total. The molecule has 0 bridgehead atoms. The maximum absolute atomic E-state index is 12.3. The van der Waals surface area contributed by atoms with Gasteiger partial charge in [0.2, 0.25) is 0 Å². The van der Waals surface area contributed by atoms with Crippen molar-refractivity contribution < 1.29 is 17.5 Å². The number of sulfone groups is 1. The van der Waals surface area contributed by atoms with Crippen LogP contribution in [-0.2, 0) is 9.84 Å². The molecule has 0 saturated heterocycles. The first-order valence-corrected chi connectivity index (χ1v) is 7.42. The second-order valence-corrected chi connectivity index (χ2v) is 6.06. The highest BCUT2D eigenvalue weighted by molar-refractivity contribution is 7.91. The minimum absolute atomic E-state index is 0. The zero-order valence-corrected chi connectivity index (χ0v) is 12.6. The summed E-state index contributed by atoms with van der Waals surface area (Å²) in [5.74, 6) is 0.593. The van der Waals surface area contributed by atoms with E-state index in [-0.39, 0.29) is 29.7 Å². The molecule has 0 atom stereocenters. The van der Waals surface area contributed by atoms with Crippen molar-refractivity contribution in [1.82, 2.24) is 0 Å². The fourth-order valence-corrected chi connectivity index (χ4v) is 2.18. The molecule has 0 unspecified atom stereocenters. The Bertz CT molecular complexity index is 509. The van der Waals surface area contributed by atoms with Gasteiger partial charge in [-0.05, 0) is 36.3 Å². The van der Waals surface area contributed by atoms with Crippen molar-refractivity contribution in [1.29, 1.82) is 0 Å². The second-order valence-electron chi connectivity index (χ2n) is 3.78. The topological polar surface area (TPSA) is 43.4 Å². The maximum Gasteiger partial charge on any atom is 0.178 e. The zero-order chi connectivity index (χ0) is 13.6. The van der Waals surface area contributed by atoms with Gasteiger partial charge in [0, 0.05) is 0 Å². The van der Waals surface area contributed by atoms with Gasteiger partial charge in [-0.3, -0.25) is 0 Å². The number of hydrogen-bond acceptors (Lipinski definition) is 3. The van der Waals surface area contributed by atoms with E-state index in [4.69, 9.17) is 4.74 Å². The molecule has 1 aromatic rings. The van der Waals surface area contributed by atoms with Crippen molar-refractivity contribution in [2.75, 3.05) is 12.4 Å². The minimum atomic E-state index is -3.18. The molecule has 108 valence electrons. The summed E-state index contributed by atoms with van der Waals surface area (Å²) in [5.41, 5.74) is 0.556. The average Bonchev–Trinajstić information content (AvgIpc) is 2.40. The zero-order valence-electron chi connectivity index (χ0n) is 10.9. The van der Waals surface area contributed by atoms with Gasteiger partial charge < -0.3 is 4.74 Å². The molecule has 0 aliphatic carbocycles. The van der Waals surface area contributed by atoms with Gasteiger partial charge in [0.1, 0.15) is 12.4 Å². The van der Waals surface area contributed by atoms with Gasteiger partial charge in [-0.15, -0.1) is 12.4 Å². The Labute approximate surface area is 119 Å². The molecule has 6 heteroatoms. The van der Waals surface area contributed by atoms with Crippen LogP contribution < -0.4 is 4.74 Å². The Morgan fingerprint density at radius 3 is 2.26 bits per heavy atom. The fourth-order valence-electron chi connectivity index (χ4n) is 1.30. The molecule has 19 heavy (non-hydrogen) atoms. The number of halogens is 2. The lowest BCUT2D eigenvalue weighted by atomic mass is 10.2. The van der Waals surface area contributed by atoms with Crippen LogP contribution in [0.15, 0.2) is 41.1 Å². The van der Waals surface area contributed by atoms with Gasteiger partial charge in [0.25, 0.3) is 0 Å². The molecule has 0 aliphatic rings. The van der Waals surface area contributed by atoms with Gasteiger partial charge in [0.15, 0.2) is 9.84 Å². The average molecular weight is 309 g/mol. The Balaban J connectivity index is 0.00000324. The van der Waals surface area contributed by atoms with E-state index in [0.29, 0.717) is 24.1 Å². The monoisotopic (exact) mass is 308 g/mol. The Morgan fingerprint density at radius 1 is 1.26 bits per heavy atom. The quantitative estimate of drug-likeness (QED) is 0.807. The predicted octanol–water partition coefficient (Wildman–Crippen LogP) is 3.54. The normalized spacial score (nSPS) is 11.8. The molecule has 0 fully saturated rings. The van der Waals surface area contributed by atoms with Gasteiger partial charge in [0.05, 0.1) is 17.0 Å². The largest absolute Gasteiger partial charge is 0.489 e. The summed E-state index contributed by atoms with van der Waals surface area (Å²) in [6.07, 6.45) is 1.12. The number of ether oxygens (including phenoxy) is 1. The third-order valence-corrected chi connectivity index (χ3v) is 4.35. The smallest absolute Gasteiger partial charge is 0.178 e. The molecule has 0 saturated carbocycles. The molecule has 0 aliphatic heterocycles. The lowest BCUT2D eigenvalue weighted by Gasteiger charge is -2.08. The van der Waals surface area contributed by atoms with Crippen LogP contribution in [0.1, 0.15) is 20.3 Å². The first-order valence-electron chi connectivity index (χ1n) is 5.77. The highest BCUT2D eigenvalue weighted by atomic mass is 35.5. The van der Waals surface area contributed by atoms with E-state index < -0.39 is 9.84 Å². The van der Waals surface area contributed by atoms with Crippen molar-refractivity contribution in [2.45, 2.75) is 25.2 Å². The van der Waals surface area contributed by atoms with Crippen LogP contribution in [0.5, 0.6) is 5.75 Å². The SMILES string of the molecule is CC/C(=C/F)COc1ccc(S(=O)(=O)CC)cc1.Cl. The summed E-state index contributed by atoms with van der Waals surface area (Å²) < 4.78 is 40.8. The van der Waals surface area contributed by atoms with Gasteiger partial charge in [-0.25, -0.2) is 12.8 Å². The number of rotatable bonds is 6. The Hall–Kier alpha value is -1.07. The Morgan fingerprint density at radius 2 is 1.84 bits per heavy atom. The minimum Gasteiger partial charge on any atom is -0.489 e. The van der Waals surface area contributed by atoms with Crippen molar-refractivity contribution in [2.24, 2.45) is 0 Å². The van der Waals surface area contributed by atoms with E-state index in [2.05, 4.69) is 0 Å². The Kier molecular flexibility index (Phi) is 7.71. The van der Waals surface area contributed by atoms with Crippen molar-refractivity contribution in [3.63, 3.8) is 0 Å². The van der Waals surface area contributed by atoms with E-state index in [1.54, 1.807) is 19.1 Å². The van der Waals surface area contributed by atoms with E-state index in [1.807, 2.05) is 6.92 Å². The van der Waals surface area contributed by atoms with E-state index in [9.17, 15) is 12.8 Å². The van der Waals surface area contributed by atoms with Crippen LogP contribution in [0.25, 0.3) is 0 Å². The number of hydrogen-bond donors (Lipinski definition) is 0. The molecular formula is C13H18ClFO3S. The van der Waals surface area contributed by atoms with Gasteiger partial charge in [-0.1, -0.05) is 13.8 Å². The lowest BCUT2D eigenvalue weighted by molar-refractivity contribution is 0.345. The molecule has 0 radical (unpaired) electrons. The molecule has 0 aromatic heterocycles. The van der Waals surface area contributed by atoms with Crippen LogP contribution >= 0.6 is 12.4 Å². The first kappa shape index (κ1) is 17.9. The standard InChI is InChI=1S/C13H17FO3S.ClH/c1-3-11(9-14)10-17-12-5-7-13(8-6-12)18(15,16)4-2;/h5-9H,3-4,10H2,1-2H3;1H/b11-9-;. The van der Waals surface area contributed by atoms with Gasteiger partial charge >= 0.3 is 0 Å². The predicted molar refractivity (Wildman–Crippen MR) is 76.4 cm³/mol. The highest BCUT2D eigenvalue weighted by Gasteiger charge is 2.10. The summed E-state index contributed by atoms with van der Waals surface area (Å²) >= 11 is 0. The van der Waals surface area contributed by atoms with Crippen molar-refractivity contribution >= 4 is 22.2 Å². The van der Waals surface area contributed by atoms with Gasteiger partial charge in [-0.2, -0.15) is 0 Å². The van der Waals surface area contributed by atoms with E-state index in [0.717, 1.165) is 0 Å². The summed E-state index contributed by atoms with van der Waals surface area (Å²) in [7, 11) is -3.18. The molecule has 0 heterocycles. The van der Waals surface area contributed by atoms with Crippen LogP contribution in [0.2, 0.25) is 0 Å². The third kappa shape index (κ3) is 5.20. The lowest BCUT2D eigenvalue weighted by Crippen LogP contribution is -2.04. The van der Waals surface area contributed by atoms with E-state index >= 15 is 0 Å². The molecule has 0 spiro atoms. The van der Waals surface area contributed by atoms with Crippen molar-refractivity contribution in [3.8, 4) is 5.75 Å². The third-order valence-electron chi connectivity index (χ3n) is 2.60. The maximum atomic E-state index is 12.3. The van der Waals surface area contributed by atoms with Crippen LogP contribution in [0.3, 0.4) is 0 Å². The molecular weight excluding hydrogens is 291 g/mol. The molecule has 3 nitrogen and oxygen atoms in total. The van der Waals surface area contributed by atoms with Crippen LogP contribution in [0, 0.1) is 0 Å². The summed E-state index contributed by atoms with van der Waals surface area (Å²) in [6, 6.07) is 6.15. The fraction of sp³-hybridized carbons (Fsp3) is 0.385. The van der Waals surface area contributed by atoms with Crippen LogP contribution in [0.4, 0.5) is 4.39 Å². The molecule has 0 amide bonds.